The zero-order valence-corrected chi connectivity index (χ0v) is 15.5. The average Bonchev–Trinajstić information content (AvgIpc) is 2.55. The van der Waals surface area contributed by atoms with Gasteiger partial charge in [0.05, 0.1) is 0 Å². The molecular formula is C18H19NO2SSe. The molecule has 0 fully saturated rings. The predicted molar refractivity (Wildman–Crippen MR) is 95.2 cm³/mol. The summed E-state index contributed by atoms with van der Waals surface area (Å²) in [7, 11) is -3.41. The van der Waals surface area contributed by atoms with E-state index >= 15 is 0 Å². The second kappa shape index (κ2) is 8.90. The van der Waals surface area contributed by atoms with Crippen molar-refractivity contribution in [1.29, 1.82) is 0 Å². The number of benzene rings is 2. The fourth-order valence-corrected chi connectivity index (χ4v) is 4.12. The number of aryl methyl sites for hydroxylation is 1. The molecule has 0 radical (unpaired) electrons. The number of hydrogen-bond donors (Lipinski definition) is 1. The molecule has 0 aliphatic rings. The summed E-state index contributed by atoms with van der Waals surface area (Å²) < 4.78 is 28.0. The molecule has 5 heteroatoms. The number of rotatable bonds is 6. The summed E-state index contributed by atoms with van der Waals surface area (Å²) in [4.78, 5) is 3.48. The Morgan fingerprint density at radius 2 is 1.74 bits per heavy atom. The summed E-state index contributed by atoms with van der Waals surface area (Å²) in [6, 6.07) is 17.0. The van der Waals surface area contributed by atoms with E-state index < -0.39 is 10.0 Å². The fourth-order valence-electron chi connectivity index (χ4n) is 1.82. The van der Waals surface area contributed by atoms with Crippen LogP contribution in [0.4, 0.5) is 0 Å². The van der Waals surface area contributed by atoms with Gasteiger partial charge in [0.25, 0.3) is 0 Å². The van der Waals surface area contributed by atoms with Crippen LogP contribution in [0, 0.1) is 17.7 Å². The fraction of sp³-hybridized carbons (Fsp3) is 0.222. The molecule has 0 spiro atoms. The second-order valence-corrected chi connectivity index (χ2v) is 8.62. The van der Waals surface area contributed by atoms with Crippen molar-refractivity contribution in [2.45, 2.75) is 24.7 Å². The van der Waals surface area contributed by atoms with E-state index in [4.69, 9.17) is 0 Å². The van der Waals surface area contributed by atoms with Gasteiger partial charge in [-0.1, -0.05) is 0 Å². The Balaban J connectivity index is 1.72. The third-order valence-electron chi connectivity index (χ3n) is 3.09. The molecule has 3 nitrogen and oxygen atoms in total. The van der Waals surface area contributed by atoms with Crippen molar-refractivity contribution >= 4 is 29.4 Å². The number of sulfonamides is 1. The average molecular weight is 392 g/mol. The van der Waals surface area contributed by atoms with Crippen LogP contribution in [0.25, 0.3) is 0 Å². The molecule has 2 rings (SSSR count). The molecule has 2 aromatic carbocycles. The van der Waals surface area contributed by atoms with Crippen molar-refractivity contribution in [3.63, 3.8) is 0 Å². The molecule has 0 saturated heterocycles. The van der Waals surface area contributed by atoms with Crippen LogP contribution in [0.3, 0.4) is 0 Å². The standard InChI is InChI=1S/C18H19NO2SSe/c1-16-10-12-17(13-11-16)22(20,21)19-14-6-3-7-15-23-18-8-4-2-5-9-18/h2,4-5,8-13,19H,3,6,14H2,1H3. The van der Waals surface area contributed by atoms with E-state index in [-0.39, 0.29) is 15.0 Å². The van der Waals surface area contributed by atoms with Crippen LogP contribution in [0.1, 0.15) is 18.4 Å². The Morgan fingerprint density at radius 3 is 2.43 bits per heavy atom. The van der Waals surface area contributed by atoms with E-state index in [9.17, 15) is 8.42 Å². The topological polar surface area (TPSA) is 46.2 Å². The summed E-state index contributed by atoms with van der Waals surface area (Å²) in [5.41, 5.74) is 1.04. The first-order valence-electron chi connectivity index (χ1n) is 7.34. The first-order chi connectivity index (χ1) is 11.1. The van der Waals surface area contributed by atoms with Crippen LogP contribution in [0.2, 0.25) is 0 Å². The van der Waals surface area contributed by atoms with E-state index in [1.165, 1.54) is 4.46 Å². The van der Waals surface area contributed by atoms with E-state index in [1.807, 2.05) is 25.1 Å². The summed E-state index contributed by atoms with van der Waals surface area (Å²) in [5.74, 6) is 3.11. The zero-order valence-electron chi connectivity index (χ0n) is 13.0. The molecule has 0 amide bonds. The van der Waals surface area contributed by atoms with Gasteiger partial charge in [0.15, 0.2) is 0 Å². The van der Waals surface area contributed by atoms with E-state index in [0.717, 1.165) is 5.56 Å². The molecule has 0 aliphatic heterocycles. The SMILES string of the molecule is Cc1ccc(S(=O)(=O)NCCCC#C[Se]c2ccccc2)cc1. The minimum absolute atomic E-state index is 0.169. The van der Waals surface area contributed by atoms with Crippen molar-refractivity contribution in [2.75, 3.05) is 6.54 Å². The molecule has 0 bridgehead atoms. The quantitative estimate of drug-likeness (QED) is 0.465. The number of hydrogen-bond acceptors (Lipinski definition) is 2. The summed E-state index contributed by atoms with van der Waals surface area (Å²) in [5, 5.41) is 0. The molecule has 0 aliphatic carbocycles. The van der Waals surface area contributed by atoms with Gasteiger partial charge < -0.3 is 0 Å². The summed E-state index contributed by atoms with van der Waals surface area (Å²) >= 11 is 0.169. The van der Waals surface area contributed by atoms with Gasteiger partial charge in [0, 0.05) is 0 Å². The Bertz CT molecular complexity index is 775. The maximum atomic E-state index is 12.1. The van der Waals surface area contributed by atoms with Crippen molar-refractivity contribution in [3.05, 3.63) is 60.2 Å². The predicted octanol–water partition coefficient (Wildman–Crippen LogP) is 2.04. The van der Waals surface area contributed by atoms with E-state index in [1.54, 1.807) is 24.3 Å². The first kappa shape index (κ1) is 17.8. The summed E-state index contributed by atoms with van der Waals surface area (Å²) in [6.07, 6.45) is 1.41. The van der Waals surface area contributed by atoms with Gasteiger partial charge in [-0.05, 0) is 0 Å². The van der Waals surface area contributed by atoms with Gasteiger partial charge >= 0.3 is 145 Å². The van der Waals surface area contributed by atoms with Crippen LogP contribution in [0.5, 0.6) is 0 Å². The Hall–Kier alpha value is -1.57. The van der Waals surface area contributed by atoms with Gasteiger partial charge in [-0.2, -0.15) is 0 Å². The first-order valence-corrected chi connectivity index (χ1v) is 10.5. The van der Waals surface area contributed by atoms with Gasteiger partial charge in [0.2, 0.25) is 0 Å². The van der Waals surface area contributed by atoms with Crippen molar-refractivity contribution in [1.82, 2.24) is 4.72 Å². The van der Waals surface area contributed by atoms with Crippen molar-refractivity contribution < 1.29 is 8.42 Å². The van der Waals surface area contributed by atoms with Gasteiger partial charge in [-0.3, -0.25) is 0 Å². The third-order valence-corrected chi connectivity index (χ3v) is 6.15. The molecule has 0 saturated carbocycles. The molecular weight excluding hydrogens is 373 g/mol. The molecule has 1 N–H and O–H groups in total. The molecule has 0 aromatic heterocycles. The van der Waals surface area contributed by atoms with Crippen LogP contribution in [-0.4, -0.2) is 29.9 Å². The third kappa shape index (κ3) is 6.21. The minimum atomic E-state index is -3.41. The molecule has 2 aromatic rings. The van der Waals surface area contributed by atoms with Crippen LogP contribution in [-0.2, 0) is 10.0 Å². The Morgan fingerprint density at radius 1 is 1.04 bits per heavy atom. The normalized spacial score (nSPS) is 10.8. The molecule has 0 heterocycles. The van der Waals surface area contributed by atoms with Crippen LogP contribution < -0.4 is 9.18 Å². The van der Waals surface area contributed by atoms with E-state index in [2.05, 4.69) is 27.6 Å². The number of unbranched alkanes of at least 4 members (excludes halogenated alkanes) is 1. The maximum absolute atomic E-state index is 12.1. The van der Waals surface area contributed by atoms with E-state index in [0.29, 0.717) is 24.3 Å². The molecule has 120 valence electrons. The monoisotopic (exact) mass is 393 g/mol. The zero-order chi connectivity index (χ0) is 16.5. The molecule has 0 atom stereocenters. The van der Waals surface area contributed by atoms with Crippen molar-refractivity contribution in [2.24, 2.45) is 0 Å². The Labute approximate surface area is 144 Å². The Kier molecular flexibility index (Phi) is 6.88. The number of nitrogens with one attached hydrogen (secondary N) is 1. The van der Waals surface area contributed by atoms with Gasteiger partial charge in [0.1, 0.15) is 0 Å². The molecule has 0 unspecified atom stereocenters. The van der Waals surface area contributed by atoms with Gasteiger partial charge in [-0.15, -0.1) is 0 Å². The van der Waals surface area contributed by atoms with Gasteiger partial charge in [-0.25, -0.2) is 0 Å². The molecule has 23 heavy (non-hydrogen) atoms. The summed E-state index contributed by atoms with van der Waals surface area (Å²) in [6.45, 7) is 2.34. The second-order valence-electron chi connectivity index (χ2n) is 5.01. The van der Waals surface area contributed by atoms with Crippen LogP contribution in [0.15, 0.2) is 59.5 Å². The van der Waals surface area contributed by atoms with Crippen molar-refractivity contribution in [3.8, 4) is 10.7 Å². The van der Waals surface area contributed by atoms with Crippen LogP contribution >= 0.6 is 0 Å².